The van der Waals surface area contributed by atoms with Gasteiger partial charge in [0.05, 0.1) is 16.7 Å². The van der Waals surface area contributed by atoms with E-state index in [0.29, 0.717) is 5.56 Å². The van der Waals surface area contributed by atoms with Crippen LogP contribution in [0.5, 0.6) is 0 Å². The first-order valence-electron chi connectivity index (χ1n) is 8.53. The molecular formula is C20H23N3OS2. The molecule has 1 aromatic carbocycles. The monoisotopic (exact) mass is 385 g/mol. The number of benzene rings is 1. The molecule has 0 radical (unpaired) electrons. The molecule has 136 valence electrons. The summed E-state index contributed by atoms with van der Waals surface area (Å²) in [5.41, 5.74) is 2.61. The van der Waals surface area contributed by atoms with Crippen LogP contribution < -0.4 is 5.32 Å². The number of aryl methyl sites for hydroxylation is 2. The van der Waals surface area contributed by atoms with Crippen molar-refractivity contribution in [3.05, 3.63) is 67.8 Å². The third-order valence-corrected chi connectivity index (χ3v) is 6.17. The fourth-order valence-corrected chi connectivity index (χ4v) is 4.41. The van der Waals surface area contributed by atoms with Gasteiger partial charge in [0, 0.05) is 34.6 Å². The van der Waals surface area contributed by atoms with Gasteiger partial charge in [-0.2, -0.15) is 0 Å². The molecule has 1 unspecified atom stereocenters. The van der Waals surface area contributed by atoms with Crippen LogP contribution >= 0.6 is 22.7 Å². The van der Waals surface area contributed by atoms with Crippen molar-refractivity contribution < 1.29 is 4.79 Å². The molecule has 26 heavy (non-hydrogen) atoms. The summed E-state index contributed by atoms with van der Waals surface area (Å²) in [4.78, 5) is 21.7. The van der Waals surface area contributed by atoms with Crippen LogP contribution in [0.15, 0.2) is 41.8 Å². The Bertz CT molecular complexity index is 886. The molecule has 0 fully saturated rings. The third kappa shape index (κ3) is 4.14. The molecule has 6 heteroatoms. The van der Waals surface area contributed by atoms with Gasteiger partial charge in [0.1, 0.15) is 0 Å². The van der Waals surface area contributed by atoms with Crippen LogP contribution in [0.25, 0.3) is 0 Å². The van der Waals surface area contributed by atoms with Crippen LogP contribution in [0.4, 0.5) is 5.69 Å². The predicted molar refractivity (Wildman–Crippen MR) is 110 cm³/mol. The zero-order valence-electron chi connectivity index (χ0n) is 15.4. The number of amides is 1. The predicted octanol–water partition coefficient (Wildman–Crippen LogP) is 5.27. The number of nitrogens with one attached hydrogen (secondary N) is 1. The minimum atomic E-state index is -0.0600. The van der Waals surface area contributed by atoms with Crippen molar-refractivity contribution in [2.45, 2.75) is 33.4 Å². The van der Waals surface area contributed by atoms with Crippen molar-refractivity contribution in [3.8, 4) is 0 Å². The van der Waals surface area contributed by atoms with E-state index < -0.39 is 0 Å². The van der Waals surface area contributed by atoms with Gasteiger partial charge in [-0.05, 0) is 50.4 Å². The number of nitrogens with zero attached hydrogens (tertiary/aromatic N) is 2. The normalized spacial score (nSPS) is 12.0. The Morgan fingerprint density at radius 3 is 2.73 bits per heavy atom. The van der Waals surface area contributed by atoms with Crippen molar-refractivity contribution in [2.75, 3.05) is 12.4 Å². The Morgan fingerprint density at radius 2 is 2.08 bits per heavy atom. The highest BCUT2D eigenvalue weighted by atomic mass is 32.1. The smallest absolute Gasteiger partial charge is 0.254 e. The standard InChI is InChI=1S/C20H23N3OS2/c1-13(19-14(2)26-15(3)22-19)23(4)20(24)16-7-5-8-17(11-16)21-12-18-9-6-10-25-18/h5-11,13,21H,12H2,1-4H3. The van der Waals surface area contributed by atoms with Gasteiger partial charge in [-0.15, -0.1) is 22.7 Å². The zero-order valence-corrected chi connectivity index (χ0v) is 17.1. The van der Waals surface area contributed by atoms with E-state index in [1.54, 1.807) is 27.6 Å². The van der Waals surface area contributed by atoms with Gasteiger partial charge in [0.25, 0.3) is 5.91 Å². The first-order chi connectivity index (χ1) is 12.5. The summed E-state index contributed by atoms with van der Waals surface area (Å²) >= 11 is 3.39. The van der Waals surface area contributed by atoms with E-state index in [-0.39, 0.29) is 11.9 Å². The van der Waals surface area contributed by atoms with Crippen LogP contribution in [-0.4, -0.2) is 22.8 Å². The lowest BCUT2D eigenvalue weighted by molar-refractivity contribution is 0.0740. The molecule has 0 bridgehead atoms. The lowest BCUT2D eigenvalue weighted by Gasteiger charge is -2.24. The van der Waals surface area contributed by atoms with Gasteiger partial charge in [0.15, 0.2) is 0 Å². The summed E-state index contributed by atoms with van der Waals surface area (Å²) in [5, 5.41) is 6.48. The number of hydrogen-bond donors (Lipinski definition) is 1. The maximum atomic E-state index is 12.9. The topological polar surface area (TPSA) is 45.2 Å². The minimum Gasteiger partial charge on any atom is -0.380 e. The maximum Gasteiger partial charge on any atom is 0.254 e. The molecule has 0 aliphatic heterocycles. The molecule has 0 aliphatic carbocycles. The Labute approximate surface area is 162 Å². The molecular weight excluding hydrogens is 362 g/mol. The highest BCUT2D eigenvalue weighted by Crippen LogP contribution is 2.27. The largest absolute Gasteiger partial charge is 0.380 e. The van der Waals surface area contributed by atoms with E-state index in [1.807, 2.05) is 51.2 Å². The van der Waals surface area contributed by atoms with E-state index in [4.69, 9.17) is 0 Å². The SMILES string of the molecule is Cc1nc(C(C)N(C)C(=O)c2cccc(NCc3cccs3)c2)c(C)s1. The number of hydrogen-bond acceptors (Lipinski definition) is 5. The minimum absolute atomic E-state index is 0.00215. The Balaban J connectivity index is 1.72. The summed E-state index contributed by atoms with van der Waals surface area (Å²) < 4.78 is 0. The summed E-state index contributed by atoms with van der Waals surface area (Å²) in [6.45, 7) is 6.85. The molecule has 3 aromatic rings. The fourth-order valence-electron chi connectivity index (χ4n) is 2.86. The molecule has 1 N–H and O–H groups in total. The number of thiophene rings is 1. The van der Waals surface area contributed by atoms with E-state index in [1.165, 1.54) is 9.75 Å². The second-order valence-corrected chi connectivity index (χ2v) is 8.72. The van der Waals surface area contributed by atoms with Crippen molar-refractivity contribution in [3.63, 3.8) is 0 Å². The van der Waals surface area contributed by atoms with Crippen molar-refractivity contribution in [1.29, 1.82) is 0 Å². The summed E-state index contributed by atoms with van der Waals surface area (Å²) in [5.74, 6) is 0.00215. The number of carbonyl (C=O) groups is 1. The molecule has 1 atom stereocenters. The average molecular weight is 386 g/mol. The summed E-state index contributed by atoms with van der Waals surface area (Å²) in [7, 11) is 1.84. The quantitative estimate of drug-likeness (QED) is 0.629. The first-order valence-corrected chi connectivity index (χ1v) is 10.2. The van der Waals surface area contributed by atoms with Gasteiger partial charge in [-0.1, -0.05) is 12.1 Å². The second-order valence-electron chi connectivity index (χ2n) is 6.28. The summed E-state index contributed by atoms with van der Waals surface area (Å²) in [6, 6.07) is 11.8. The first kappa shape index (κ1) is 18.6. The number of rotatable bonds is 6. The maximum absolute atomic E-state index is 12.9. The van der Waals surface area contributed by atoms with Crippen molar-refractivity contribution in [1.82, 2.24) is 9.88 Å². The van der Waals surface area contributed by atoms with Gasteiger partial charge < -0.3 is 10.2 Å². The van der Waals surface area contributed by atoms with Crippen molar-refractivity contribution in [2.24, 2.45) is 0 Å². The van der Waals surface area contributed by atoms with E-state index in [0.717, 1.165) is 22.9 Å². The van der Waals surface area contributed by atoms with E-state index in [2.05, 4.69) is 28.7 Å². The number of thiazole rings is 1. The van der Waals surface area contributed by atoms with Crippen LogP contribution in [0.3, 0.4) is 0 Å². The molecule has 0 saturated carbocycles. The summed E-state index contributed by atoms with van der Waals surface area (Å²) in [6.07, 6.45) is 0. The average Bonchev–Trinajstić information content (AvgIpc) is 3.27. The number of anilines is 1. The van der Waals surface area contributed by atoms with Crippen LogP contribution in [0, 0.1) is 13.8 Å². The van der Waals surface area contributed by atoms with E-state index >= 15 is 0 Å². The molecule has 0 saturated heterocycles. The lowest BCUT2D eigenvalue weighted by Crippen LogP contribution is -2.30. The highest BCUT2D eigenvalue weighted by Gasteiger charge is 2.22. The Hall–Kier alpha value is -2.18. The van der Waals surface area contributed by atoms with Crippen molar-refractivity contribution >= 4 is 34.3 Å². The fraction of sp³-hybridized carbons (Fsp3) is 0.300. The molecule has 4 nitrogen and oxygen atoms in total. The third-order valence-electron chi connectivity index (χ3n) is 4.39. The molecule has 0 aliphatic rings. The molecule has 1 amide bonds. The zero-order chi connectivity index (χ0) is 18.7. The Morgan fingerprint density at radius 1 is 1.27 bits per heavy atom. The molecule has 3 rings (SSSR count). The van der Waals surface area contributed by atoms with Gasteiger partial charge >= 0.3 is 0 Å². The van der Waals surface area contributed by atoms with Crippen LogP contribution in [0.1, 0.15) is 43.8 Å². The Kier molecular flexibility index (Phi) is 5.74. The van der Waals surface area contributed by atoms with Crippen LogP contribution in [-0.2, 0) is 6.54 Å². The molecule has 0 spiro atoms. The van der Waals surface area contributed by atoms with Gasteiger partial charge in [-0.3, -0.25) is 4.79 Å². The van der Waals surface area contributed by atoms with Crippen LogP contribution in [0.2, 0.25) is 0 Å². The second kappa shape index (κ2) is 8.01. The molecule has 2 heterocycles. The van der Waals surface area contributed by atoms with E-state index in [9.17, 15) is 4.79 Å². The molecule has 2 aromatic heterocycles. The highest BCUT2D eigenvalue weighted by molar-refractivity contribution is 7.11. The number of aromatic nitrogens is 1. The lowest BCUT2D eigenvalue weighted by atomic mass is 10.1. The number of carbonyl (C=O) groups excluding carboxylic acids is 1. The van der Waals surface area contributed by atoms with Gasteiger partial charge in [0.2, 0.25) is 0 Å². The van der Waals surface area contributed by atoms with Gasteiger partial charge in [-0.25, -0.2) is 4.98 Å².